The minimum atomic E-state index is 0.324. The molecule has 0 saturated heterocycles. The van der Waals surface area contributed by atoms with E-state index in [1.807, 2.05) is 18.0 Å². The molecule has 1 aliphatic rings. The molecule has 1 heterocycles. The Labute approximate surface area is 72.8 Å². The fourth-order valence-electron chi connectivity index (χ4n) is 0.802. The largest absolute Gasteiger partial charge is 0.482 e. The zero-order valence-corrected chi connectivity index (χ0v) is 8.44. The molecule has 11 heavy (non-hydrogen) atoms. The van der Waals surface area contributed by atoms with Gasteiger partial charge < -0.3 is 4.74 Å². The van der Waals surface area contributed by atoms with E-state index in [1.54, 1.807) is 0 Å². The third kappa shape index (κ3) is 2.42. The minimum Gasteiger partial charge on any atom is -0.482 e. The molecule has 64 valence electrons. The molecule has 0 bridgehead atoms. The summed E-state index contributed by atoms with van der Waals surface area (Å²) in [4.78, 5) is 0. The van der Waals surface area contributed by atoms with E-state index >= 15 is 0 Å². The van der Waals surface area contributed by atoms with Gasteiger partial charge in [0.2, 0.25) is 0 Å². The average Bonchev–Trinajstić information content (AvgIpc) is 1.86. The number of ether oxygens (including phenoxy) is 1. The summed E-state index contributed by atoms with van der Waals surface area (Å²) in [5.74, 6) is 1.09. The highest BCUT2D eigenvalue weighted by atomic mass is 32.2. The van der Waals surface area contributed by atoms with Crippen molar-refractivity contribution < 1.29 is 9.22 Å². The highest BCUT2D eigenvalue weighted by Gasteiger charge is 2.22. The van der Waals surface area contributed by atoms with Crippen LogP contribution in [-0.4, -0.2) is 36.8 Å². The summed E-state index contributed by atoms with van der Waals surface area (Å²) in [6, 6.07) is 0. The summed E-state index contributed by atoms with van der Waals surface area (Å²) in [7, 11) is 6.48. The number of thioether (sulfide) groups is 1. The third-order valence-corrected chi connectivity index (χ3v) is 2.77. The van der Waals surface area contributed by atoms with Gasteiger partial charge in [0.25, 0.3) is 0 Å². The molecular formula is C8H16NOS+. The molecule has 0 fully saturated rings. The molecule has 0 aromatic rings. The van der Waals surface area contributed by atoms with E-state index in [2.05, 4.69) is 28.1 Å². The first-order valence-electron chi connectivity index (χ1n) is 3.78. The molecular weight excluding hydrogens is 158 g/mol. The van der Waals surface area contributed by atoms with Crippen molar-refractivity contribution in [1.82, 2.24) is 0 Å². The predicted molar refractivity (Wildman–Crippen MR) is 49.1 cm³/mol. The van der Waals surface area contributed by atoms with Gasteiger partial charge in [-0.05, 0) is 6.92 Å². The van der Waals surface area contributed by atoms with Crippen LogP contribution in [0.3, 0.4) is 0 Å². The Kier molecular flexibility index (Phi) is 2.50. The lowest BCUT2D eigenvalue weighted by atomic mass is 10.4. The van der Waals surface area contributed by atoms with E-state index in [1.165, 1.54) is 5.70 Å². The standard InChI is InChI=1S/C8H16NOS/c1-7-10-5-8(6-11-7)9(2,3)4/h5,7H,6H2,1-4H3/q+1. The van der Waals surface area contributed by atoms with Gasteiger partial charge >= 0.3 is 0 Å². The second-order valence-electron chi connectivity index (χ2n) is 3.64. The summed E-state index contributed by atoms with van der Waals surface area (Å²) in [6.07, 6.45) is 1.90. The van der Waals surface area contributed by atoms with Crippen LogP contribution in [0.5, 0.6) is 0 Å². The van der Waals surface area contributed by atoms with Crippen molar-refractivity contribution in [3.05, 3.63) is 12.0 Å². The molecule has 2 nitrogen and oxygen atoms in total. The van der Waals surface area contributed by atoms with Crippen LogP contribution in [0.2, 0.25) is 0 Å². The average molecular weight is 174 g/mol. The maximum absolute atomic E-state index is 5.40. The summed E-state index contributed by atoms with van der Waals surface area (Å²) in [6.45, 7) is 2.08. The van der Waals surface area contributed by atoms with E-state index in [-0.39, 0.29) is 0 Å². The van der Waals surface area contributed by atoms with Crippen LogP contribution >= 0.6 is 11.8 Å². The molecule has 1 aliphatic heterocycles. The molecule has 0 aromatic heterocycles. The number of nitrogens with zero attached hydrogens (tertiary/aromatic N) is 1. The van der Waals surface area contributed by atoms with Crippen molar-refractivity contribution in [2.75, 3.05) is 26.9 Å². The van der Waals surface area contributed by atoms with Crippen molar-refractivity contribution >= 4 is 11.8 Å². The van der Waals surface area contributed by atoms with Crippen LogP contribution in [0, 0.1) is 0 Å². The summed E-state index contributed by atoms with van der Waals surface area (Å²) < 4.78 is 6.28. The van der Waals surface area contributed by atoms with Crippen LogP contribution in [0.25, 0.3) is 0 Å². The van der Waals surface area contributed by atoms with Gasteiger partial charge in [-0.2, -0.15) is 0 Å². The highest BCUT2D eigenvalue weighted by Crippen LogP contribution is 2.25. The first kappa shape index (κ1) is 8.94. The topological polar surface area (TPSA) is 9.23 Å². The summed E-state index contributed by atoms with van der Waals surface area (Å²) in [5.41, 5.74) is 1.67. The quantitative estimate of drug-likeness (QED) is 0.559. The number of hydrogen-bond acceptors (Lipinski definition) is 2. The lowest BCUT2D eigenvalue weighted by Gasteiger charge is -2.29. The van der Waals surface area contributed by atoms with Crippen LogP contribution in [-0.2, 0) is 4.74 Å². The number of rotatable bonds is 1. The van der Waals surface area contributed by atoms with Crippen LogP contribution in [0.15, 0.2) is 12.0 Å². The van der Waals surface area contributed by atoms with Gasteiger partial charge in [-0.15, -0.1) is 11.8 Å². The minimum absolute atomic E-state index is 0.324. The Balaban J connectivity index is 2.62. The van der Waals surface area contributed by atoms with Crippen molar-refractivity contribution in [3.8, 4) is 0 Å². The third-order valence-electron chi connectivity index (χ3n) is 1.72. The van der Waals surface area contributed by atoms with E-state index < -0.39 is 0 Å². The second-order valence-corrected chi connectivity index (χ2v) is 4.92. The molecule has 0 saturated carbocycles. The van der Waals surface area contributed by atoms with Crippen molar-refractivity contribution in [2.24, 2.45) is 0 Å². The van der Waals surface area contributed by atoms with E-state index in [9.17, 15) is 0 Å². The Morgan fingerprint density at radius 2 is 2.18 bits per heavy atom. The summed E-state index contributed by atoms with van der Waals surface area (Å²) in [5, 5.41) is 0. The molecule has 1 unspecified atom stereocenters. The van der Waals surface area contributed by atoms with Crippen molar-refractivity contribution in [3.63, 3.8) is 0 Å². The fourth-order valence-corrected chi connectivity index (χ4v) is 1.80. The van der Waals surface area contributed by atoms with Gasteiger partial charge in [-0.25, -0.2) is 0 Å². The van der Waals surface area contributed by atoms with E-state index in [4.69, 9.17) is 4.74 Å². The molecule has 0 spiro atoms. The van der Waals surface area contributed by atoms with Gasteiger partial charge in [-0.3, -0.25) is 4.48 Å². The molecule has 1 rings (SSSR count). The molecule has 0 aliphatic carbocycles. The van der Waals surface area contributed by atoms with Crippen LogP contribution in [0.1, 0.15) is 6.92 Å². The Morgan fingerprint density at radius 3 is 2.55 bits per heavy atom. The zero-order valence-electron chi connectivity index (χ0n) is 7.63. The maximum atomic E-state index is 5.40. The van der Waals surface area contributed by atoms with E-state index in [0.29, 0.717) is 5.44 Å². The molecule has 0 N–H and O–H groups in total. The maximum Gasteiger partial charge on any atom is 0.153 e. The molecule has 0 radical (unpaired) electrons. The second kappa shape index (κ2) is 3.07. The smallest absolute Gasteiger partial charge is 0.153 e. The monoisotopic (exact) mass is 174 g/mol. The Morgan fingerprint density at radius 1 is 1.55 bits per heavy atom. The fraction of sp³-hybridized carbons (Fsp3) is 0.750. The van der Waals surface area contributed by atoms with Gasteiger partial charge in [-0.1, -0.05) is 0 Å². The summed E-state index contributed by atoms with van der Waals surface area (Å²) >= 11 is 1.85. The number of quaternary nitrogens is 1. The van der Waals surface area contributed by atoms with Gasteiger partial charge in [0.1, 0.15) is 11.7 Å². The Bertz CT molecular complexity index is 171. The van der Waals surface area contributed by atoms with Gasteiger partial charge in [0, 0.05) is 0 Å². The normalized spacial score (nSPS) is 25.8. The van der Waals surface area contributed by atoms with Crippen LogP contribution < -0.4 is 0 Å². The highest BCUT2D eigenvalue weighted by molar-refractivity contribution is 7.99. The molecule has 0 aromatic carbocycles. The molecule has 3 heteroatoms. The first-order valence-corrected chi connectivity index (χ1v) is 4.83. The zero-order chi connectivity index (χ0) is 8.48. The predicted octanol–water partition coefficient (Wildman–Crippen LogP) is 1.64. The van der Waals surface area contributed by atoms with Gasteiger partial charge in [0.05, 0.1) is 26.9 Å². The van der Waals surface area contributed by atoms with Crippen molar-refractivity contribution in [1.29, 1.82) is 0 Å². The lowest BCUT2D eigenvalue weighted by molar-refractivity contribution is -0.831. The van der Waals surface area contributed by atoms with Crippen molar-refractivity contribution in [2.45, 2.75) is 12.4 Å². The van der Waals surface area contributed by atoms with E-state index in [0.717, 1.165) is 10.2 Å². The first-order chi connectivity index (χ1) is 5.00. The Hall–Kier alpha value is -0.150. The lowest BCUT2D eigenvalue weighted by Crippen LogP contribution is -2.36. The SMILES string of the molecule is CC1OC=C([N+](C)(C)C)CS1. The molecule has 0 amide bonds. The van der Waals surface area contributed by atoms with Gasteiger partial charge in [0.15, 0.2) is 5.70 Å². The van der Waals surface area contributed by atoms with Crippen LogP contribution in [0.4, 0.5) is 0 Å². The number of hydrogen-bond donors (Lipinski definition) is 0. The molecule has 1 atom stereocenters.